The van der Waals surface area contributed by atoms with Crippen LogP contribution in [0.1, 0.15) is 32.1 Å². The quantitative estimate of drug-likeness (QED) is 0.673. The Labute approximate surface area is 123 Å². The fraction of sp³-hybridized carbons (Fsp3) is 0.500. The second kappa shape index (κ2) is 6.55. The summed E-state index contributed by atoms with van der Waals surface area (Å²) in [6.45, 7) is 0. The van der Waals surface area contributed by atoms with Gasteiger partial charge >= 0.3 is 0 Å². The number of rotatable bonds is 5. The average Bonchev–Trinajstić information content (AvgIpc) is 2.98. The Bertz CT molecular complexity index is 564. The molecule has 0 aliphatic heterocycles. The number of hydrogen-bond donors (Lipinski definition) is 1. The lowest BCUT2D eigenvalue weighted by Crippen LogP contribution is -2.14. The van der Waals surface area contributed by atoms with Gasteiger partial charge in [0.2, 0.25) is 0 Å². The first-order valence-electron chi connectivity index (χ1n) is 7.33. The fourth-order valence-electron chi connectivity index (χ4n) is 2.97. The van der Waals surface area contributed by atoms with Gasteiger partial charge in [-0.05, 0) is 18.4 Å². The van der Waals surface area contributed by atoms with E-state index in [1.807, 2.05) is 24.3 Å². The molecule has 0 saturated heterocycles. The van der Waals surface area contributed by atoms with Gasteiger partial charge in [0.15, 0.2) is 0 Å². The van der Waals surface area contributed by atoms with E-state index in [9.17, 15) is 5.11 Å². The Balaban J connectivity index is 1.61. The number of hydrogen-bond acceptors (Lipinski definition) is 4. The molecular formula is C16H20N2OS. The van der Waals surface area contributed by atoms with Gasteiger partial charge in [0.1, 0.15) is 11.4 Å². The van der Waals surface area contributed by atoms with Crippen molar-refractivity contribution in [3.63, 3.8) is 0 Å². The maximum Gasteiger partial charge on any atom is 0.117 e. The van der Waals surface area contributed by atoms with Crippen LogP contribution >= 0.6 is 11.8 Å². The smallest absolute Gasteiger partial charge is 0.117 e. The van der Waals surface area contributed by atoms with Gasteiger partial charge in [-0.15, -0.1) is 11.8 Å². The highest BCUT2D eigenvalue weighted by atomic mass is 32.2. The number of thioether (sulfide) groups is 1. The van der Waals surface area contributed by atoms with Crippen LogP contribution in [0.25, 0.3) is 10.9 Å². The van der Waals surface area contributed by atoms with Crippen LogP contribution in [0.3, 0.4) is 0 Å². The SMILES string of the molecule is OC(CSc1ncnc2ccccc12)CC1CCCC1. The molecule has 106 valence electrons. The van der Waals surface area contributed by atoms with Crippen LogP contribution in [-0.4, -0.2) is 26.9 Å². The van der Waals surface area contributed by atoms with Crippen molar-refractivity contribution in [3.8, 4) is 0 Å². The number of para-hydroxylation sites is 1. The zero-order chi connectivity index (χ0) is 13.8. The third kappa shape index (κ3) is 3.30. The van der Waals surface area contributed by atoms with E-state index in [0.29, 0.717) is 0 Å². The molecule has 20 heavy (non-hydrogen) atoms. The number of fused-ring (bicyclic) bond motifs is 1. The summed E-state index contributed by atoms with van der Waals surface area (Å²) >= 11 is 1.64. The van der Waals surface area contributed by atoms with Crippen LogP contribution in [-0.2, 0) is 0 Å². The third-order valence-electron chi connectivity index (χ3n) is 4.00. The van der Waals surface area contributed by atoms with E-state index in [0.717, 1.165) is 34.0 Å². The maximum atomic E-state index is 10.2. The number of aromatic nitrogens is 2. The number of aliphatic hydroxyl groups excluding tert-OH is 1. The molecule has 2 aromatic rings. The Morgan fingerprint density at radius 1 is 1.20 bits per heavy atom. The summed E-state index contributed by atoms with van der Waals surface area (Å²) < 4.78 is 0. The Morgan fingerprint density at radius 2 is 2.00 bits per heavy atom. The van der Waals surface area contributed by atoms with Crippen molar-refractivity contribution < 1.29 is 5.11 Å². The lowest BCUT2D eigenvalue weighted by molar-refractivity contribution is 0.166. The molecule has 1 atom stereocenters. The van der Waals surface area contributed by atoms with E-state index in [2.05, 4.69) is 9.97 Å². The second-order valence-electron chi connectivity index (χ2n) is 5.55. The normalized spacial score (nSPS) is 17.6. The lowest BCUT2D eigenvalue weighted by atomic mass is 10.0. The first-order valence-corrected chi connectivity index (χ1v) is 8.32. The number of benzene rings is 1. The van der Waals surface area contributed by atoms with Crippen LogP contribution in [0, 0.1) is 5.92 Å². The van der Waals surface area contributed by atoms with Crippen molar-refractivity contribution in [3.05, 3.63) is 30.6 Å². The topological polar surface area (TPSA) is 46.0 Å². The molecular weight excluding hydrogens is 268 g/mol. The maximum absolute atomic E-state index is 10.2. The summed E-state index contributed by atoms with van der Waals surface area (Å²) in [7, 11) is 0. The standard InChI is InChI=1S/C16H20N2OS/c19-13(9-12-5-1-2-6-12)10-20-16-14-7-3-4-8-15(14)17-11-18-16/h3-4,7-8,11-13,19H,1-2,5-6,9-10H2. The summed E-state index contributed by atoms with van der Waals surface area (Å²) in [5.41, 5.74) is 0.968. The van der Waals surface area contributed by atoms with Crippen LogP contribution in [0.15, 0.2) is 35.6 Å². The van der Waals surface area contributed by atoms with Crippen molar-refractivity contribution in [1.82, 2.24) is 9.97 Å². The average molecular weight is 288 g/mol. The Hall–Kier alpha value is -1.13. The lowest BCUT2D eigenvalue weighted by Gasteiger charge is -2.15. The van der Waals surface area contributed by atoms with Crippen molar-refractivity contribution >= 4 is 22.7 Å². The molecule has 3 rings (SSSR count). The van der Waals surface area contributed by atoms with E-state index in [1.54, 1.807) is 18.1 Å². The van der Waals surface area contributed by atoms with Gasteiger partial charge in [0.05, 0.1) is 11.6 Å². The first-order chi connectivity index (χ1) is 9.83. The zero-order valence-corrected chi connectivity index (χ0v) is 12.4. The van der Waals surface area contributed by atoms with E-state index in [4.69, 9.17) is 0 Å². The molecule has 0 radical (unpaired) electrons. The zero-order valence-electron chi connectivity index (χ0n) is 11.5. The molecule has 1 aromatic carbocycles. The predicted molar refractivity (Wildman–Crippen MR) is 82.8 cm³/mol. The van der Waals surface area contributed by atoms with Crippen molar-refractivity contribution in [2.75, 3.05) is 5.75 Å². The van der Waals surface area contributed by atoms with Crippen LogP contribution < -0.4 is 0 Å². The van der Waals surface area contributed by atoms with Gasteiger partial charge in [-0.1, -0.05) is 43.9 Å². The van der Waals surface area contributed by atoms with Crippen LogP contribution in [0.4, 0.5) is 0 Å². The second-order valence-corrected chi connectivity index (χ2v) is 6.56. The molecule has 0 spiro atoms. The molecule has 3 nitrogen and oxygen atoms in total. The summed E-state index contributed by atoms with van der Waals surface area (Å²) in [6, 6.07) is 8.03. The van der Waals surface area contributed by atoms with E-state index in [1.165, 1.54) is 25.7 Å². The van der Waals surface area contributed by atoms with E-state index < -0.39 is 0 Å². The van der Waals surface area contributed by atoms with Gasteiger partial charge in [0.25, 0.3) is 0 Å². The molecule has 1 fully saturated rings. The third-order valence-corrected chi connectivity index (χ3v) is 5.15. The van der Waals surface area contributed by atoms with Gasteiger partial charge in [-0.25, -0.2) is 9.97 Å². The summed E-state index contributed by atoms with van der Waals surface area (Å²) in [5.74, 6) is 1.45. The largest absolute Gasteiger partial charge is 0.392 e. The van der Waals surface area contributed by atoms with Gasteiger partial charge in [0, 0.05) is 11.1 Å². The van der Waals surface area contributed by atoms with Crippen molar-refractivity contribution in [1.29, 1.82) is 0 Å². The highest BCUT2D eigenvalue weighted by molar-refractivity contribution is 7.99. The van der Waals surface area contributed by atoms with E-state index in [-0.39, 0.29) is 6.10 Å². The number of aliphatic hydroxyl groups is 1. The fourth-order valence-corrected chi connectivity index (χ4v) is 3.91. The summed E-state index contributed by atoms with van der Waals surface area (Å²) in [6.07, 6.45) is 7.57. The molecule has 1 aliphatic rings. The minimum atomic E-state index is -0.225. The highest BCUT2D eigenvalue weighted by Gasteiger charge is 2.19. The van der Waals surface area contributed by atoms with Crippen LogP contribution in [0.5, 0.6) is 0 Å². The minimum absolute atomic E-state index is 0.225. The van der Waals surface area contributed by atoms with Gasteiger partial charge in [-0.3, -0.25) is 0 Å². The van der Waals surface area contributed by atoms with Gasteiger partial charge < -0.3 is 5.11 Å². The van der Waals surface area contributed by atoms with Crippen molar-refractivity contribution in [2.45, 2.75) is 43.2 Å². The molecule has 1 heterocycles. The first kappa shape index (κ1) is 13.8. The Kier molecular flexibility index (Phi) is 4.53. The molecule has 4 heteroatoms. The summed E-state index contributed by atoms with van der Waals surface area (Å²) in [5, 5.41) is 12.2. The molecule has 1 unspecified atom stereocenters. The monoisotopic (exact) mass is 288 g/mol. The summed E-state index contributed by atoms with van der Waals surface area (Å²) in [4.78, 5) is 8.62. The van der Waals surface area contributed by atoms with Crippen LogP contribution in [0.2, 0.25) is 0 Å². The van der Waals surface area contributed by atoms with Gasteiger partial charge in [-0.2, -0.15) is 0 Å². The highest BCUT2D eigenvalue weighted by Crippen LogP contribution is 2.30. The predicted octanol–water partition coefficient (Wildman–Crippen LogP) is 3.66. The minimum Gasteiger partial charge on any atom is -0.392 e. The molecule has 1 N–H and O–H groups in total. The van der Waals surface area contributed by atoms with E-state index >= 15 is 0 Å². The Morgan fingerprint density at radius 3 is 2.85 bits per heavy atom. The molecule has 1 saturated carbocycles. The molecule has 0 amide bonds. The van der Waals surface area contributed by atoms with Crippen molar-refractivity contribution in [2.24, 2.45) is 5.92 Å². The molecule has 1 aliphatic carbocycles. The molecule has 0 bridgehead atoms. The molecule has 1 aromatic heterocycles. The number of nitrogens with zero attached hydrogens (tertiary/aromatic N) is 2.